The van der Waals surface area contributed by atoms with Gasteiger partial charge in [0.25, 0.3) is 5.91 Å². The van der Waals surface area contributed by atoms with E-state index in [1.54, 1.807) is 0 Å². The largest absolute Gasteiger partial charge is 0.573 e. The van der Waals surface area contributed by atoms with E-state index >= 15 is 0 Å². The lowest BCUT2D eigenvalue weighted by molar-refractivity contribution is -0.275. The minimum absolute atomic E-state index is 0.0815. The lowest BCUT2D eigenvalue weighted by Gasteiger charge is -2.32. The Balaban J connectivity index is 1.30. The van der Waals surface area contributed by atoms with Gasteiger partial charge >= 0.3 is 6.36 Å². The van der Waals surface area contributed by atoms with E-state index in [-0.39, 0.29) is 17.4 Å². The first-order valence-corrected chi connectivity index (χ1v) is 11.3. The Kier molecular flexibility index (Phi) is 6.12. The van der Waals surface area contributed by atoms with Gasteiger partial charge in [0.2, 0.25) is 0 Å². The Bertz CT molecular complexity index is 1250. The van der Waals surface area contributed by atoms with Crippen molar-refractivity contribution in [3.8, 4) is 5.75 Å². The maximum atomic E-state index is 14.9. The summed E-state index contributed by atoms with van der Waals surface area (Å²) in [4.78, 5) is 21.8. The maximum absolute atomic E-state index is 14.9. The first-order chi connectivity index (χ1) is 16.7. The van der Waals surface area contributed by atoms with E-state index in [4.69, 9.17) is 4.74 Å². The molecule has 2 fully saturated rings. The van der Waals surface area contributed by atoms with Gasteiger partial charge in [0.15, 0.2) is 11.6 Å². The summed E-state index contributed by atoms with van der Waals surface area (Å²) in [7, 11) is 0. The Hall–Kier alpha value is -3.21. The van der Waals surface area contributed by atoms with Crippen LogP contribution in [0.15, 0.2) is 30.5 Å². The molecule has 4 heterocycles. The van der Waals surface area contributed by atoms with Crippen LogP contribution in [0, 0.1) is 11.6 Å². The molecule has 2 aromatic heterocycles. The summed E-state index contributed by atoms with van der Waals surface area (Å²) in [6.07, 6.45) is -1.99. The van der Waals surface area contributed by atoms with E-state index in [1.807, 2.05) is 6.07 Å². The van der Waals surface area contributed by atoms with Crippen molar-refractivity contribution >= 4 is 16.9 Å². The van der Waals surface area contributed by atoms with Crippen LogP contribution in [0.1, 0.15) is 52.7 Å². The zero-order valence-corrected chi connectivity index (χ0v) is 18.5. The van der Waals surface area contributed by atoms with Crippen molar-refractivity contribution in [3.05, 3.63) is 58.9 Å². The van der Waals surface area contributed by atoms with Crippen LogP contribution in [-0.4, -0.2) is 53.4 Å². The molecule has 2 saturated heterocycles. The van der Waals surface area contributed by atoms with Crippen LogP contribution in [-0.2, 0) is 4.74 Å². The van der Waals surface area contributed by atoms with Crippen LogP contribution in [0.5, 0.6) is 5.75 Å². The molecule has 1 unspecified atom stereocenters. The summed E-state index contributed by atoms with van der Waals surface area (Å²) in [5, 5.41) is 0.721. The molecule has 0 aliphatic carbocycles. The zero-order chi connectivity index (χ0) is 24.7. The molecule has 186 valence electrons. The van der Waals surface area contributed by atoms with Gasteiger partial charge in [-0.1, -0.05) is 0 Å². The number of H-pyrrole nitrogens is 1. The SMILES string of the molecule is O=C(c1ccc(OC(F)(F)F)c(F)c1)N1CCC(c2c(F)cnc3[nH]c(C4CCOC4)cc23)CC1. The first-order valence-electron chi connectivity index (χ1n) is 11.3. The van der Waals surface area contributed by atoms with Crippen LogP contribution >= 0.6 is 0 Å². The topological polar surface area (TPSA) is 67.5 Å². The third kappa shape index (κ3) is 4.82. The number of amides is 1. The molecule has 0 saturated carbocycles. The molecule has 6 nitrogen and oxygen atoms in total. The van der Waals surface area contributed by atoms with Gasteiger partial charge in [0.05, 0.1) is 12.8 Å². The predicted molar refractivity (Wildman–Crippen MR) is 115 cm³/mol. The number of hydrogen-bond acceptors (Lipinski definition) is 4. The van der Waals surface area contributed by atoms with E-state index in [1.165, 1.54) is 11.1 Å². The van der Waals surface area contributed by atoms with Gasteiger partial charge in [0.1, 0.15) is 11.5 Å². The molecule has 0 radical (unpaired) electrons. The average molecular weight is 495 g/mol. The normalized spacial score (nSPS) is 19.5. The van der Waals surface area contributed by atoms with Crippen molar-refractivity contribution in [2.45, 2.75) is 37.5 Å². The van der Waals surface area contributed by atoms with Crippen molar-refractivity contribution in [3.63, 3.8) is 0 Å². The van der Waals surface area contributed by atoms with Gasteiger partial charge in [-0.25, -0.2) is 13.8 Å². The average Bonchev–Trinajstić information content (AvgIpc) is 3.49. The monoisotopic (exact) mass is 495 g/mol. The second-order valence-electron chi connectivity index (χ2n) is 8.83. The molecular weight excluding hydrogens is 473 g/mol. The summed E-state index contributed by atoms with van der Waals surface area (Å²) >= 11 is 0. The molecule has 2 aliphatic heterocycles. The van der Waals surface area contributed by atoms with Gasteiger partial charge in [-0.2, -0.15) is 0 Å². The van der Waals surface area contributed by atoms with Crippen molar-refractivity contribution in [2.75, 3.05) is 26.3 Å². The molecule has 35 heavy (non-hydrogen) atoms. The molecule has 1 atom stereocenters. The summed E-state index contributed by atoms with van der Waals surface area (Å²) in [5.41, 5.74) is 2.05. The summed E-state index contributed by atoms with van der Waals surface area (Å²) < 4.78 is 75.1. The number of nitrogens with zero attached hydrogens (tertiary/aromatic N) is 2. The number of benzene rings is 1. The molecule has 11 heteroatoms. The quantitative estimate of drug-likeness (QED) is 0.502. The van der Waals surface area contributed by atoms with Crippen molar-refractivity contribution in [1.29, 1.82) is 0 Å². The number of carbonyl (C=O) groups excluding carboxylic acids is 1. The number of rotatable bonds is 4. The van der Waals surface area contributed by atoms with Crippen LogP contribution in [0.25, 0.3) is 11.0 Å². The van der Waals surface area contributed by atoms with E-state index in [0.29, 0.717) is 50.4 Å². The summed E-state index contributed by atoms with van der Waals surface area (Å²) in [6.45, 7) is 1.88. The van der Waals surface area contributed by atoms with Gasteiger partial charge in [-0.15, -0.1) is 13.2 Å². The molecule has 3 aromatic rings. The Morgan fingerprint density at radius 2 is 1.86 bits per heavy atom. The molecule has 1 N–H and O–H groups in total. The molecular formula is C24H22F5N3O3. The predicted octanol–water partition coefficient (Wildman–Crippen LogP) is 5.26. The minimum atomic E-state index is -5.03. The first kappa shape index (κ1) is 23.5. The lowest BCUT2D eigenvalue weighted by atomic mass is 9.87. The second kappa shape index (κ2) is 9.10. The second-order valence-corrected chi connectivity index (χ2v) is 8.83. The van der Waals surface area contributed by atoms with Crippen LogP contribution in [0.2, 0.25) is 0 Å². The molecule has 1 aromatic carbocycles. The number of nitrogens with one attached hydrogen (secondary N) is 1. The van der Waals surface area contributed by atoms with Gasteiger partial charge in [0, 0.05) is 47.8 Å². The smallest absolute Gasteiger partial charge is 0.403 e. The number of aromatic nitrogens is 2. The number of aromatic amines is 1. The molecule has 0 spiro atoms. The maximum Gasteiger partial charge on any atom is 0.573 e. The Labute approximate surface area is 197 Å². The number of pyridine rings is 1. The molecule has 0 bridgehead atoms. The van der Waals surface area contributed by atoms with Crippen molar-refractivity contribution in [1.82, 2.24) is 14.9 Å². The Morgan fingerprint density at radius 3 is 2.51 bits per heavy atom. The number of alkyl halides is 3. The summed E-state index contributed by atoms with van der Waals surface area (Å²) in [6, 6.07) is 4.55. The van der Waals surface area contributed by atoms with Crippen LogP contribution in [0.3, 0.4) is 0 Å². The van der Waals surface area contributed by atoms with E-state index in [0.717, 1.165) is 35.7 Å². The fourth-order valence-electron chi connectivity index (χ4n) is 4.90. The van der Waals surface area contributed by atoms with Gasteiger partial charge < -0.3 is 19.4 Å². The number of fused-ring (bicyclic) bond motifs is 1. The van der Waals surface area contributed by atoms with Crippen molar-refractivity contribution < 1.29 is 36.2 Å². The highest BCUT2D eigenvalue weighted by atomic mass is 19.4. The fraction of sp³-hybridized carbons (Fsp3) is 0.417. The lowest BCUT2D eigenvalue weighted by Crippen LogP contribution is -2.38. The number of carbonyl (C=O) groups is 1. The van der Waals surface area contributed by atoms with Gasteiger partial charge in [-0.3, -0.25) is 4.79 Å². The molecule has 1 amide bonds. The number of ether oxygens (including phenoxy) is 2. The highest BCUT2D eigenvalue weighted by molar-refractivity contribution is 5.94. The molecule has 5 rings (SSSR count). The van der Waals surface area contributed by atoms with E-state index in [9.17, 15) is 26.7 Å². The minimum Gasteiger partial charge on any atom is -0.403 e. The third-order valence-corrected chi connectivity index (χ3v) is 6.64. The summed E-state index contributed by atoms with van der Waals surface area (Å²) in [5.74, 6) is -3.12. The fourth-order valence-corrected chi connectivity index (χ4v) is 4.90. The van der Waals surface area contributed by atoms with Crippen LogP contribution < -0.4 is 4.74 Å². The number of halogens is 5. The number of piperidine rings is 1. The zero-order valence-electron chi connectivity index (χ0n) is 18.5. The van der Waals surface area contributed by atoms with E-state index in [2.05, 4.69) is 14.7 Å². The van der Waals surface area contributed by atoms with Crippen LogP contribution in [0.4, 0.5) is 22.0 Å². The van der Waals surface area contributed by atoms with Gasteiger partial charge in [-0.05, 0) is 49.4 Å². The van der Waals surface area contributed by atoms with Crippen molar-refractivity contribution in [2.24, 2.45) is 0 Å². The number of likely N-dealkylation sites (tertiary alicyclic amines) is 1. The Morgan fingerprint density at radius 1 is 1.09 bits per heavy atom. The highest BCUT2D eigenvalue weighted by Crippen LogP contribution is 2.37. The highest BCUT2D eigenvalue weighted by Gasteiger charge is 2.33. The third-order valence-electron chi connectivity index (χ3n) is 6.64. The standard InChI is InChI=1S/C24H22F5N3O3/c25-17-9-14(1-2-20(17)35-24(27,28)29)23(33)32-6-3-13(4-7-32)21-16-10-19(15-5-8-34-12-15)31-22(16)30-11-18(21)26/h1-2,9-11,13,15H,3-8,12H2,(H,30,31). The van der Waals surface area contributed by atoms with E-state index < -0.39 is 29.7 Å². The number of hydrogen-bond donors (Lipinski definition) is 1. The molecule has 2 aliphatic rings.